The van der Waals surface area contributed by atoms with E-state index in [1.54, 1.807) is 36.4 Å². The zero-order chi connectivity index (χ0) is 22.1. The molecule has 31 heavy (non-hydrogen) atoms. The number of non-ortho nitro benzene ring substituents is 1. The summed E-state index contributed by atoms with van der Waals surface area (Å²) in [6.45, 7) is 0.371. The number of nitro groups is 1. The van der Waals surface area contributed by atoms with Crippen molar-refractivity contribution in [2.45, 2.75) is 6.42 Å². The van der Waals surface area contributed by atoms with Crippen LogP contribution in [0, 0.1) is 10.1 Å². The summed E-state index contributed by atoms with van der Waals surface area (Å²) >= 11 is 0. The van der Waals surface area contributed by atoms with Crippen molar-refractivity contribution in [1.82, 2.24) is 10.6 Å². The first-order chi connectivity index (χ1) is 15.0. The molecule has 7 heteroatoms. The highest BCUT2D eigenvalue weighted by atomic mass is 16.6. The van der Waals surface area contributed by atoms with E-state index in [1.165, 1.54) is 24.3 Å². The van der Waals surface area contributed by atoms with Crippen LogP contribution in [0.3, 0.4) is 0 Å². The van der Waals surface area contributed by atoms with Crippen molar-refractivity contribution in [3.05, 3.63) is 117 Å². The fraction of sp³-hybridized carbons (Fsp3) is 0.0833. The minimum absolute atomic E-state index is 0.00223. The zero-order valence-corrected chi connectivity index (χ0v) is 16.7. The summed E-state index contributed by atoms with van der Waals surface area (Å²) in [5.74, 6) is -0.929. The van der Waals surface area contributed by atoms with Crippen LogP contribution in [0.1, 0.15) is 21.5 Å². The summed E-state index contributed by atoms with van der Waals surface area (Å²) in [5, 5.41) is 16.5. The van der Waals surface area contributed by atoms with Crippen LogP contribution in [0.15, 0.2) is 90.6 Å². The van der Waals surface area contributed by atoms with Crippen molar-refractivity contribution in [3.63, 3.8) is 0 Å². The predicted octanol–water partition coefficient (Wildman–Crippen LogP) is 3.72. The lowest BCUT2D eigenvalue weighted by atomic mass is 10.1. The summed E-state index contributed by atoms with van der Waals surface area (Å²) in [7, 11) is 0. The van der Waals surface area contributed by atoms with Crippen LogP contribution in [-0.4, -0.2) is 23.3 Å². The molecular weight excluding hydrogens is 394 g/mol. The molecule has 0 aromatic heterocycles. The Balaban J connectivity index is 1.79. The predicted molar refractivity (Wildman–Crippen MR) is 118 cm³/mol. The van der Waals surface area contributed by atoms with E-state index in [0.717, 1.165) is 5.56 Å². The highest BCUT2D eigenvalue weighted by Crippen LogP contribution is 2.15. The average Bonchev–Trinajstić information content (AvgIpc) is 2.80. The third kappa shape index (κ3) is 6.37. The monoisotopic (exact) mass is 415 g/mol. The van der Waals surface area contributed by atoms with Crippen molar-refractivity contribution in [2.75, 3.05) is 6.54 Å². The fourth-order valence-electron chi connectivity index (χ4n) is 2.90. The molecule has 2 N–H and O–H groups in total. The molecule has 156 valence electrons. The van der Waals surface area contributed by atoms with Crippen molar-refractivity contribution in [3.8, 4) is 0 Å². The number of nitro benzene ring substituents is 1. The van der Waals surface area contributed by atoms with E-state index in [-0.39, 0.29) is 11.4 Å². The molecule has 3 aromatic carbocycles. The topological polar surface area (TPSA) is 101 Å². The van der Waals surface area contributed by atoms with E-state index >= 15 is 0 Å². The summed E-state index contributed by atoms with van der Waals surface area (Å²) in [5.41, 5.74) is 1.79. The molecule has 0 radical (unpaired) electrons. The Morgan fingerprint density at radius 3 is 2.26 bits per heavy atom. The normalized spacial score (nSPS) is 10.9. The maximum absolute atomic E-state index is 12.8. The first kappa shape index (κ1) is 21.4. The lowest BCUT2D eigenvalue weighted by Gasteiger charge is -2.11. The van der Waals surface area contributed by atoms with Crippen molar-refractivity contribution in [1.29, 1.82) is 0 Å². The van der Waals surface area contributed by atoms with Crippen LogP contribution in [-0.2, 0) is 11.2 Å². The number of carbonyl (C=O) groups is 2. The highest BCUT2D eigenvalue weighted by Gasteiger charge is 2.15. The smallest absolute Gasteiger partial charge is 0.270 e. The average molecular weight is 415 g/mol. The number of benzene rings is 3. The maximum Gasteiger partial charge on any atom is 0.270 e. The molecule has 0 fully saturated rings. The zero-order valence-electron chi connectivity index (χ0n) is 16.7. The van der Waals surface area contributed by atoms with Gasteiger partial charge >= 0.3 is 0 Å². The number of amides is 2. The molecule has 0 aliphatic heterocycles. The van der Waals surface area contributed by atoms with Gasteiger partial charge in [-0.1, -0.05) is 60.7 Å². The van der Waals surface area contributed by atoms with Gasteiger partial charge in [0.25, 0.3) is 17.5 Å². The number of rotatable bonds is 8. The van der Waals surface area contributed by atoms with Gasteiger partial charge in [0.15, 0.2) is 0 Å². The van der Waals surface area contributed by atoms with Gasteiger partial charge in [-0.15, -0.1) is 0 Å². The molecular formula is C24H21N3O4. The van der Waals surface area contributed by atoms with Gasteiger partial charge in [0, 0.05) is 24.2 Å². The van der Waals surface area contributed by atoms with Crippen LogP contribution >= 0.6 is 0 Å². The number of nitrogens with one attached hydrogen (secondary N) is 2. The maximum atomic E-state index is 12.8. The van der Waals surface area contributed by atoms with E-state index < -0.39 is 16.7 Å². The van der Waals surface area contributed by atoms with Crippen molar-refractivity contribution >= 4 is 23.6 Å². The first-order valence-corrected chi connectivity index (χ1v) is 9.67. The summed E-state index contributed by atoms with van der Waals surface area (Å²) < 4.78 is 0. The molecule has 0 saturated heterocycles. The third-order valence-electron chi connectivity index (χ3n) is 4.46. The Morgan fingerprint density at radius 2 is 1.58 bits per heavy atom. The minimum Gasteiger partial charge on any atom is -0.350 e. The fourth-order valence-corrected chi connectivity index (χ4v) is 2.90. The molecule has 0 saturated carbocycles. The molecule has 0 heterocycles. The minimum atomic E-state index is -0.514. The third-order valence-corrected chi connectivity index (χ3v) is 4.46. The number of hydrogen-bond donors (Lipinski definition) is 2. The van der Waals surface area contributed by atoms with E-state index in [0.29, 0.717) is 24.1 Å². The lowest BCUT2D eigenvalue weighted by molar-refractivity contribution is -0.384. The van der Waals surface area contributed by atoms with Gasteiger partial charge in [0.05, 0.1) is 4.92 Å². The van der Waals surface area contributed by atoms with Crippen LogP contribution in [0.25, 0.3) is 6.08 Å². The molecule has 3 aromatic rings. The molecule has 0 atom stereocenters. The molecule has 0 bridgehead atoms. The number of carbonyl (C=O) groups excluding carboxylic acids is 2. The molecule has 0 aliphatic carbocycles. The van der Waals surface area contributed by atoms with Crippen molar-refractivity contribution < 1.29 is 14.5 Å². The summed E-state index contributed by atoms with van der Waals surface area (Å²) in [6, 6.07) is 24.0. The Kier molecular flexibility index (Phi) is 7.26. The largest absolute Gasteiger partial charge is 0.350 e. The standard InChI is InChI=1S/C24H21N3O4/c28-23(20-11-5-2-6-12-20)26-22(17-19-10-7-13-21(16-19)27(30)31)24(29)25-15-14-18-8-3-1-4-9-18/h1-13,16-17H,14-15H2,(H,25,29)(H,26,28)/b22-17+. The van der Waals surface area contributed by atoms with Gasteiger partial charge in [-0.3, -0.25) is 19.7 Å². The van der Waals surface area contributed by atoms with Gasteiger partial charge in [-0.2, -0.15) is 0 Å². The van der Waals surface area contributed by atoms with Gasteiger partial charge in [-0.05, 0) is 35.8 Å². The second kappa shape index (κ2) is 10.5. The van der Waals surface area contributed by atoms with Crippen molar-refractivity contribution in [2.24, 2.45) is 0 Å². The van der Waals surface area contributed by atoms with E-state index in [4.69, 9.17) is 0 Å². The van der Waals surface area contributed by atoms with E-state index in [1.807, 2.05) is 30.3 Å². The quantitative estimate of drug-likeness (QED) is 0.333. The first-order valence-electron chi connectivity index (χ1n) is 9.67. The highest BCUT2D eigenvalue weighted by molar-refractivity contribution is 6.05. The molecule has 0 aliphatic rings. The molecule has 7 nitrogen and oxygen atoms in total. The van der Waals surface area contributed by atoms with Crippen LogP contribution in [0.5, 0.6) is 0 Å². The van der Waals surface area contributed by atoms with Crippen LogP contribution in [0.4, 0.5) is 5.69 Å². The Labute approximate surface area is 179 Å². The second-order valence-corrected chi connectivity index (χ2v) is 6.72. The molecule has 0 spiro atoms. The van der Waals surface area contributed by atoms with Crippen LogP contribution < -0.4 is 10.6 Å². The Bertz CT molecular complexity index is 1100. The number of nitrogens with zero attached hydrogens (tertiary/aromatic N) is 1. The Hall–Kier alpha value is -4.26. The van der Waals surface area contributed by atoms with Gasteiger partial charge < -0.3 is 10.6 Å². The molecule has 0 unspecified atom stereocenters. The van der Waals surface area contributed by atoms with Crippen LogP contribution in [0.2, 0.25) is 0 Å². The SMILES string of the molecule is O=C(NCCc1ccccc1)/C(=C\c1cccc([N+](=O)[O-])c1)NC(=O)c1ccccc1. The lowest BCUT2D eigenvalue weighted by Crippen LogP contribution is -2.35. The molecule has 2 amide bonds. The van der Waals surface area contributed by atoms with E-state index in [9.17, 15) is 19.7 Å². The van der Waals surface area contributed by atoms with Gasteiger partial charge in [0.1, 0.15) is 5.70 Å². The van der Waals surface area contributed by atoms with Gasteiger partial charge in [-0.25, -0.2) is 0 Å². The van der Waals surface area contributed by atoms with E-state index in [2.05, 4.69) is 10.6 Å². The molecule has 3 rings (SSSR count). The van der Waals surface area contributed by atoms with Gasteiger partial charge in [0.2, 0.25) is 0 Å². The summed E-state index contributed by atoms with van der Waals surface area (Å²) in [6.07, 6.45) is 2.05. The second-order valence-electron chi connectivity index (χ2n) is 6.72. The Morgan fingerprint density at radius 1 is 0.903 bits per heavy atom. The summed E-state index contributed by atoms with van der Waals surface area (Å²) in [4.78, 5) is 35.9. The number of hydrogen-bond acceptors (Lipinski definition) is 4.